The van der Waals surface area contributed by atoms with E-state index in [0.717, 1.165) is 5.56 Å². The number of nitrogens with zero attached hydrogens (tertiary/aromatic N) is 2. The van der Waals surface area contributed by atoms with Crippen LogP contribution in [0.5, 0.6) is 11.5 Å². The number of methoxy groups -OCH3 is 1. The van der Waals surface area contributed by atoms with Crippen molar-refractivity contribution in [1.29, 1.82) is 0 Å². The Bertz CT molecular complexity index is 1050. The monoisotopic (exact) mass is 481 g/mol. The Morgan fingerprint density at radius 1 is 1.06 bits per heavy atom. The second-order valence-electron chi connectivity index (χ2n) is 9.11. The topological polar surface area (TPSA) is 97.8 Å². The number of hydrogen-bond acceptors (Lipinski definition) is 6. The summed E-state index contributed by atoms with van der Waals surface area (Å²) in [7, 11) is 3.12. The van der Waals surface area contributed by atoms with Gasteiger partial charge in [-0.3, -0.25) is 14.4 Å². The Balaban J connectivity index is 1.67. The molecular formula is C27H35N3O5. The third kappa shape index (κ3) is 6.38. The van der Waals surface area contributed by atoms with Gasteiger partial charge in [0.05, 0.1) is 13.2 Å². The number of carbonyl (C=O) groups is 3. The lowest BCUT2D eigenvalue weighted by atomic mass is 9.84. The largest absolute Gasteiger partial charge is 0.493 e. The smallest absolute Gasteiger partial charge is 0.308 e. The van der Waals surface area contributed by atoms with E-state index < -0.39 is 17.9 Å². The highest BCUT2D eigenvalue weighted by Gasteiger charge is 2.27. The molecule has 2 aromatic rings. The molecule has 0 spiro atoms. The number of carbonyl (C=O) groups excluding carboxylic acids is 3. The minimum absolute atomic E-state index is 0.0839. The highest BCUT2D eigenvalue weighted by atomic mass is 16.6. The molecule has 2 atom stereocenters. The Morgan fingerprint density at radius 2 is 1.71 bits per heavy atom. The summed E-state index contributed by atoms with van der Waals surface area (Å²) in [4.78, 5) is 43.1. The number of esters is 1. The molecule has 1 unspecified atom stereocenters. The molecule has 1 aliphatic rings. The zero-order chi connectivity index (χ0) is 25.5. The second kappa shape index (κ2) is 11.8. The molecule has 188 valence electrons. The number of amides is 2. The van der Waals surface area contributed by atoms with E-state index in [9.17, 15) is 14.4 Å². The lowest BCUT2D eigenvalue weighted by Crippen LogP contribution is -2.46. The maximum atomic E-state index is 13.1. The molecule has 1 aromatic carbocycles. The molecule has 1 N–H and O–H groups in total. The predicted molar refractivity (Wildman–Crippen MR) is 132 cm³/mol. The molecule has 0 aliphatic heterocycles. The summed E-state index contributed by atoms with van der Waals surface area (Å²) in [5.41, 5.74) is 2.27. The second-order valence-corrected chi connectivity index (χ2v) is 9.11. The van der Waals surface area contributed by atoms with Gasteiger partial charge < -0.3 is 19.7 Å². The van der Waals surface area contributed by atoms with Crippen molar-refractivity contribution < 1.29 is 23.9 Å². The predicted octanol–water partition coefficient (Wildman–Crippen LogP) is 4.40. The number of nitrogens with one attached hydrogen (secondary N) is 1. The van der Waals surface area contributed by atoms with Crippen molar-refractivity contribution in [2.24, 2.45) is 0 Å². The molecule has 1 fully saturated rings. The third-order valence-electron chi connectivity index (χ3n) is 6.69. The van der Waals surface area contributed by atoms with E-state index >= 15 is 0 Å². The Labute approximate surface area is 207 Å². The first-order valence-electron chi connectivity index (χ1n) is 12.1. The van der Waals surface area contributed by atoms with E-state index in [1.165, 1.54) is 64.0 Å². The third-order valence-corrected chi connectivity index (χ3v) is 6.69. The van der Waals surface area contributed by atoms with Gasteiger partial charge in [-0.15, -0.1) is 0 Å². The highest BCUT2D eigenvalue weighted by molar-refractivity contribution is 5.99. The summed E-state index contributed by atoms with van der Waals surface area (Å²) in [5, 5.41) is 2.66. The van der Waals surface area contributed by atoms with E-state index in [1.54, 1.807) is 18.9 Å². The summed E-state index contributed by atoms with van der Waals surface area (Å²) in [5.74, 6) is -0.762. The lowest BCUT2D eigenvalue weighted by molar-refractivity contribution is -0.133. The van der Waals surface area contributed by atoms with Gasteiger partial charge in [0.1, 0.15) is 6.04 Å². The molecular weight excluding hydrogens is 446 g/mol. The summed E-state index contributed by atoms with van der Waals surface area (Å²) in [6.07, 6.45) is 7.76. The van der Waals surface area contributed by atoms with Gasteiger partial charge in [-0.25, -0.2) is 4.98 Å². The fraction of sp³-hybridized carbons (Fsp3) is 0.481. The minimum atomic E-state index is -0.824. The van der Waals surface area contributed by atoms with Crippen LogP contribution in [-0.4, -0.2) is 47.9 Å². The average molecular weight is 482 g/mol. The van der Waals surface area contributed by atoms with Crippen LogP contribution in [0.25, 0.3) is 0 Å². The fourth-order valence-corrected chi connectivity index (χ4v) is 4.52. The molecule has 1 aromatic heterocycles. The molecule has 8 nitrogen and oxygen atoms in total. The molecule has 0 saturated heterocycles. The molecule has 1 saturated carbocycles. The normalized spacial score (nSPS) is 15.6. The summed E-state index contributed by atoms with van der Waals surface area (Å²) in [6.45, 7) is 4.80. The van der Waals surface area contributed by atoms with E-state index in [-0.39, 0.29) is 29.1 Å². The summed E-state index contributed by atoms with van der Waals surface area (Å²) < 4.78 is 10.3. The van der Waals surface area contributed by atoms with E-state index in [1.807, 2.05) is 6.92 Å². The van der Waals surface area contributed by atoms with E-state index in [0.29, 0.717) is 5.92 Å². The van der Waals surface area contributed by atoms with Crippen LogP contribution >= 0.6 is 0 Å². The number of rotatable bonds is 8. The summed E-state index contributed by atoms with van der Waals surface area (Å²) >= 11 is 0. The van der Waals surface area contributed by atoms with Crippen molar-refractivity contribution in [3.63, 3.8) is 0 Å². The lowest BCUT2D eigenvalue weighted by Gasteiger charge is -2.29. The molecule has 3 rings (SSSR count). The molecule has 0 radical (unpaired) electrons. The summed E-state index contributed by atoms with van der Waals surface area (Å²) in [6, 6.07) is 9.02. The first kappa shape index (κ1) is 26.2. The Kier molecular flexibility index (Phi) is 8.84. The average Bonchev–Trinajstić information content (AvgIpc) is 2.87. The van der Waals surface area contributed by atoms with Crippen LogP contribution in [0.15, 0.2) is 36.5 Å². The molecule has 35 heavy (non-hydrogen) atoms. The number of likely N-dealkylation sites (N-methyl/N-ethyl adjacent to an activating group) is 1. The zero-order valence-electron chi connectivity index (χ0n) is 21.2. The van der Waals surface area contributed by atoms with Crippen molar-refractivity contribution in [2.45, 2.75) is 70.9 Å². The first-order chi connectivity index (χ1) is 16.7. The molecule has 0 bridgehead atoms. The fourth-order valence-electron chi connectivity index (χ4n) is 4.52. The number of aromatic nitrogens is 1. The van der Waals surface area contributed by atoms with Gasteiger partial charge in [0.25, 0.3) is 5.91 Å². The number of hydrogen-bond donors (Lipinski definition) is 1. The van der Waals surface area contributed by atoms with Crippen LogP contribution in [0, 0.1) is 0 Å². The van der Waals surface area contributed by atoms with Gasteiger partial charge in [-0.2, -0.15) is 0 Å². The van der Waals surface area contributed by atoms with Gasteiger partial charge in [0.2, 0.25) is 11.7 Å². The standard InChI is InChI=1S/C27H35N3O5/c1-17(29-26(32)24-25(35-19(3)31)23(34-5)15-16-28-24)27(33)30(4)18(2)20-11-13-22(14-12-20)21-9-7-6-8-10-21/h11-18,21H,6-10H2,1-5H3,(H,29,32)/t17-,18?/m0/s1. The van der Waals surface area contributed by atoms with Crippen molar-refractivity contribution in [1.82, 2.24) is 15.2 Å². The quantitative estimate of drug-likeness (QED) is 0.561. The highest BCUT2D eigenvalue weighted by Crippen LogP contribution is 2.33. The molecule has 1 heterocycles. The van der Waals surface area contributed by atoms with Gasteiger partial charge in [0, 0.05) is 26.2 Å². The number of benzene rings is 1. The van der Waals surface area contributed by atoms with Crippen LogP contribution in [0.2, 0.25) is 0 Å². The van der Waals surface area contributed by atoms with Crippen LogP contribution in [0.1, 0.15) is 86.5 Å². The van der Waals surface area contributed by atoms with Crippen molar-refractivity contribution in [2.75, 3.05) is 14.2 Å². The molecule has 1 aliphatic carbocycles. The van der Waals surface area contributed by atoms with Gasteiger partial charge in [-0.05, 0) is 43.7 Å². The minimum Gasteiger partial charge on any atom is -0.493 e. The SMILES string of the molecule is COc1ccnc(C(=O)N[C@@H](C)C(=O)N(C)C(C)c2ccc(C3CCCCC3)cc2)c1OC(C)=O. The van der Waals surface area contributed by atoms with Crippen LogP contribution in [-0.2, 0) is 9.59 Å². The van der Waals surface area contributed by atoms with E-state index in [2.05, 4.69) is 34.6 Å². The van der Waals surface area contributed by atoms with Crippen LogP contribution < -0.4 is 14.8 Å². The van der Waals surface area contributed by atoms with Crippen LogP contribution in [0.3, 0.4) is 0 Å². The maximum absolute atomic E-state index is 13.1. The number of ether oxygens (including phenoxy) is 2. The van der Waals surface area contributed by atoms with Crippen molar-refractivity contribution >= 4 is 17.8 Å². The maximum Gasteiger partial charge on any atom is 0.308 e. The van der Waals surface area contributed by atoms with Gasteiger partial charge >= 0.3 is 5.97 Å². The number of pyridine rings is 1. The van der Waals surface area contributed by atoms with Gasteiger partial charge in [-0.1, -0.05) is 43.5 Å². The first-order valence-corrected chi connectivity index (χ1v) is 12.1. The molecule has 8 heteroatoms. The molecule has 2 amide bonds. The van der Waals surface area contributed by atoms with Crippen molar-refractivity contribution in [3.05, 3.63) is 53.3 Å². The van der Waals surface area contributed by atoms with Gasteiger partial charge in [0.15, 0.2) is 11.4 Å². The Morgan fingerprint density at radius 3 is 2.31 bits per heavy atom. The van der Waals surface area contributed by atoms with E-state index in [4.69, 9.17) is 9.47 Å². The zero-order valence-corrected chi connectivity index (χ0v) is 21.2. The van der Waals surface area contributed by atoms with Crippen LogP contribution in [0.4, 0.5) is 0 Å². The Hall–Kier alpha value is -3.42. The van der Waals surface area contributed by atoms with Crippen molar-refractivity contribution in [3.8, 4) is 11.5 Å².